The topological polar surface area (TPSA) is 79.9 Å². The lowest BCUT2D eigenvalue weighted by Crippen LogP contribution is -2.39. The van der Waals surface area contributed by atoms with Gasteiger partial charge in [0, 0.05) is 38.8 Å². The van der Waals surface area contributed by atoms with Crippen molar-refractivity contribution in [2.24, 2.45) is 0 Å². The van der Waals surface area contributed by atoms with Crippen LogP contribution in [0.3, 0.4) is 0 Å². The fraction of sp³-hybridized carbons (Fsp3) is 0.429. The zero-order chi connectivity index (χ0) is 15.8. The van der Waals surface area contributed by atoms with Gasteiger partial charge in [0.2, 0.25) is 0 Å². The predicted molar refractivity (Wildman–Crippen MR) is 79.0 cm³/mol. The minimum Gasteiger partial charge on any atom is -0.497 e. The second-order valence-electron chi connectivity index (χ2n) is 4.48. The van der Waals surface area contributed by atoms with E-state index < -0.39 is 0 Å². The molecular formula is C14H21N3O4. The summed E-state index contributed by atoms with van der Waals surface area (Å²) in [6.07, 6.45) is 0. The molecule has 0 aromatic heterocycles. The molecule has 2 N–H and O–H groups in total. The van der Waals surface area contributed by atoms with Crippen LogP contribution in [0.5, 0.6) is 11.5 Å². The number of hydrogen-bond donors (Lipinski definition) is 2. The number of hydrogen-bond acceptors (Lipinski definition) is 4. The normalized spacial score (nSPS) is 9.71. The van der Waals surface area contributed by atoms with Crippen LogP contribution >= 0.6 is 0 Å². The van der Waals surface area contributed by atoms with Gasteiger partial charge in [0.1, 0.15) is 11.5 Å². The summed E-state index contributed by atoms with van der Waals surface area (Å²) in [5.74, 6) is 0.826. The highest BCUT2D eigenvalue weighted by Crippen LogP contribution is 2.22. The molecule has 21 heavy (non-hydrogen) atoms. The SMILES string of the molecule is COc1cc(OC)cc(C(=O)NCCNC(=O)N(C)C)c1. The Labute approximate surface area is 124 Å². The van der Waals surface area contributed by atoms with Gasteiger partial charge in [-0.25, -0.2) is 4.79 Å². The third-order valence-electron chi connectivity index (χ3n) is 2.71. The van der Waals surface area contributed by atoms with Crippen molar-refractivity contribution in [2.45, 2.75) is 0 Å². The van der Waals surface area contributed by atoms with Crippen molar-refractivity contribution in [3.05, 3.63) is 23.8 Å². The highest BCUT2D eigenvalue weighted by Gasteiger charge is 2.09. The quantitative estimate of drug-likeness (QED) is 0.757. The minimum absolute atomic E-state index is 0.202. The van der Waals surface area contributed by atoms with Gasteiger partial charge in [-0.3, -0.25) is 4.79 Å². The maximum absolute atomic E-state index is 12.0. The number of nitrogens with zero attached hydrogens (tertiary/aromatic N) is 1. The van der Waals surface area contributed by atoms with Gasteiger partial charge in [-0.15, -0.1) is 0 Å². The second kappa shape index (κ2) is 7.98. The Morgan fingerprint density at radius 3 is 2.00 bits per heavy atom. The van der Waals surface area contributed by atoms with Crippen molar-refractivity contribution in [3.63, 3.8) is 0 Å². The summed E-state index contributed by atoms with van der Waals surface area (Å²) in [7, 11) is 6.34. The number of amides is 3. The highest BCUT2D eigenvalue weighted by molar-refractivity contribution is 5.95. The highest BCUT2D eigenvalue weighted by atomic mass is 16.5. The number of methoxy groups -OCH3 is 2. The van der Waals surface area contributed by atoms with Gasteiger partial charge in [-0.1, -0.05) is 0 Å². The molecule has 7 nitrogen and oxygen atoms in total. The van der Waals surface area contributed by atoms with Crippen molar-refractivity contribution in [3.8, 4) is 11.5 Å². The number of urea groups is 1. The molecule has 0 aliphatic carbocycles. The van der Waals surface area contributed by atoms with Crippen molar-refractivity contribution >= 4 is 11.9 Å². The number of ether oxygens (including phenoxy) is 2. The standard InChI is InChI=1S/C14H21N3O4/c1-17(2)14(19)16-6-5-15-13(18)10-7-11(20-3)9-12(8-10)21-4/h7-9H,5-6H2,1-4H3,(H,15,18)(H,16,19). The maximum Gasteiger partial charge on any atom is 0.316 e. The second-order valence-corrected chi connectivity index (χ2v) is 4.48. The summed E-state index contributed by atoms with van der Waals surface area (Å²) in [6, 6.07) is 4.73. The summed E-state index contributed by atoms with van der Waals surface area (Å²) in [5.41, 5.74) is 0.435. The molecule has 0 saturated heterocycles. The molecular weight excluding hydrogens is 274 g/mol. The third kappa shape index (κ3) is 5.21. The Kier molecular flexibility index (Phi) is 6.32. The van der Waals surface area contributed by atoms with Crippen LogP contribution in [-0.2, 0) is 0 Å². The molecule has 7 heteroatoms. The minimum atomic E-state index is -0.258. The molecule has 0 unspecified atom stereocenters. The molecule has 0 aliphatic rings. The molecule has 0 saturated carbocycles. The molecule has 1 aromatic rings. The Bertz CT molecular complexity index is 481. The van der Waals surface area contributed by atoms with Gasteiger partial charge >= 0.3 is 6.03 Å². The van der Waals surface area contributed by atoms with E-state index in [2.05, 4.69) is 10.6 Å². The summed E-state index contributed by atoms with van der Waals surface area (Å²) < 4.78 is 10.2. The average molecular weight is 295 g/mol. The van der Waals surface area contributed by atoms with Crippen molar-refractivity contribution in [1.82, 2.24) is 15.5 Å². The van der Waals surface area contributed by atoms with E-state index in [1.807, 2.05) is 0 Å². The van der Waals surface area contributed by atoms with Crippen LogP contribution in [0.4, 0.5) is 4.79 Å². The van der Waals surface area contributed by atoms with Gasteiger partial charge in [-0.2, -0.15) is 0 Å². The first-order valence-electron chi connectivity index (χ1n) is 6.44. The monoisotopic (exact) mass is 295 g/mol. The van der Waals surface area contributed by atoms with Crippen LogP contribution in [0.1, 0.15) is 10.4 Å². The molecule has 0 aliphatic heterocycles. The van der Waals surface area contributed by atoms with E-state index in [4.69, 9.17) is 9.47 Å². The molecule has 0 fully saturated rings. The van der Waals surface area contributed by atoms with E-state index in [-0.39, 0.29) is 11.9 Å². The lowest BCUT2D eigenvalue weighted by atomic mass is 10.2. The van der Waals surface area contributed by atoms with E-state index in [0.717, 1.165) is 0 Å². The lowest BCUT2D eigenvalue weighted by Gasteiger charge is -2.12. The van der Waals surface area contributed by atoms with Crippen LogP contribution < -0.4 is 20.1 Å². The van der Waals surface area contributed by atoms with Crippen LogP contribution in [0, 0.1) is 0 Å². The van der Waals surface area contributed by atoms with Crippen LogP contribution in [-0.4, -0.2) is 58.2 Å². The third-order valence-corrected chi connectivity index (χ3v) is 2.71. The molecule has 0 atom stereocenters. The summed E-state index contributed by atoms with van der Waals surface area (Å²) in [5, 5.41) is 5.37. The summed E-state index contributed by atoms with van der Waals surface area (Å²) >= 11 is 0. The largest absolute Gasteiger partial charge is 0.497 e. The first kappa shape index (κ1) is 16.6. The van der Waals surface area contributed by atoms with Gasteiger partial charge < -0.3 is 25.0 Å². The fourth-order valence-electron chi connectivity index (χ4n) is 1.54. The molecule has 0 spiro atoms. The zero-order valence-corrected chi connectivity index (χ0v) is 12.7. The Hall–Kier alpha value is -2.44. The molecule has 0 heterocycles. The Morgan fingerprint density at radius 1 is 1.00 bits per heavy atom. The number of carbonyl (C=O) groups is 2. The Balaban J connectivity index is 2.54. The van der Waals surface area contributed by atoms with Gasteiger partial charge in [-0.05, 0) is 12.1 Å². The van der Waals surface area contributed by atoms with Crippen molar-refractivity contribution in [1.29, 1.82) is 0 Å². The summed E-state index contributed by atoms with van der Waals surface area (Å²) in [4.78, 5) is 24.7. The first-order chi connectivity index (χ1) is 9.97. The van der Waals surface area contributed by atoms with E-state index in [9.17, 15) is 9.59 Å². The molecule has 1 rings (SSSR count). The zero-order valence-electron chi connectivity index (χ0n) is 12.7. The number of rotatable bonds is 6. The fourth-order valence-corrected chi connectivity index (χ4v) is 1.54. The maximum atomic E-state index is 12.0. The van der Waals surface area contributed by atoms with E-state index >= 15 is 0 Å². The average Bonchev–Trinajstić information content (AvgIpc) is 2.50. The lowest BCUT2D eigenvalue weighted by molar-refractivity contribution is 0.0953. The van der Waals surface area contributed by atoms with Gasteiger partial charge in [0.05, 0.1) is 14.2 Å². The number of nitrogens with one attached hydrogen (secondary N) is 2. The molecule has 0 bridgehead atoms. The van der Waals surface area contributed by atoms with Gasteiger partial charge in [0.15, 0.2) is 0 Å². The smallest absolute Gasteiger partial charge is 0.316 e. The summed E-state index contributed by atoms with van der Waals surface area (Å²) in [6.45, 7) is 0.682. The van der Waals surface area contributed by atoms with E-state index in [1.54, 1.807) is 32.3 Å². The van der Waals surface area contributed by atoms with Crippen LogP contribution in [0.2, 0.25) is 0 Å². The van der Waals surface area contributed by atoms with E-state index in [1.165, 1.54) is 19.1 Å². The number of benzene rings is 1. The predicted octanol–water partition coefficient (Wildman–Crippen LogP) is 0.705. The van der Waals surface area contributed by atoms with Crippen molar-refractivity contribution in [2.75, 3.05) is 41.4 Å². The molecule has 0 radical (unpaired) electrons. The van der Waals surface area contributed by atoms with Crippen molar-refractivity contribution < 1.29 is 19.1 Å². The number of carbonyl (C=O) groups excluding carboxylic acids is 2. The molecule has 1 aromatic carbocycles. The molecule has 3 amide bonds. The van der Waals surface area contributed by atoms with Gasteiger partial charge in [0.25, 0.3) is 5.91 Å². The van der Waals surface area contributed by atoms with Crippen LogP contribution in [0.25, 0.3) is 0 Å². The first-order valence-corrected chi connectivity index (χ1v) is 6.44. The van der Waals surface area contributed by atoms with E-state index in [0.29, 0.717) is 30.2 Å². The molecule has 116 valence electrons. The van der Waals surface area contributed by atoms with Crippen LogP contribution in [0.15, 0.2) is 18.2 Å². The Morgan fingerprint density at radius 2 is 1.52 bits per heavy atom.